The first-order valence-corrected chi connectivity index (χ1v) is 11.4. The summed E-state index contributed by atoms with van der Waals surface area (Å²) in [5, 5.41) is 5.18. The van der Waals surface area contributed by atoms with Gasteiger partial charge in [-0.3, -0.25) is 9.80 Å². The fraction of sp³-hybridized carbons (Fsp3) is 0.346. The van der Waals surface area contributed by atoms with Crippen molar-refractivity contribution < 1.29 is 8.94 Å². The van der Waals surface area contributed by atoms with E-state index in [1.54, 1.807) is 6.07 Å². The molecule has 2 aromatic heterocycles. The van der Waals surface area contributed by atoms with Crippen molar-refractivity contribution in [2.45, 2.75) is 33.4 Å². The monoisotopic (exact) mass is 444 g/mol. The van der Waals surface area contributed by atoms with Gasteiger partial charge in [0.25, 0.3) is 0 Å². The highest BCUT2D eigenvalue weighted by molar-refractivity contribution is 5.81. The first-order valence-electron chi connectivity index (χ1n) is 11.4. The maximum absolute atomic E-state index is 12.1. The molecule has 1 aliphatic rings. The molecule has 170 valence electrons. The van der Waals surface area contributed by atoms with Crippen molar-refractivity contribution in [3.63, 3.8) is 0 Å². The van der Waals surface area contributed by atoms with Gasteiger partial charge in [-0.05, 0) is 49.6 Å². The highest BCUT2D eigenvalue weighted by Crippen LogP contribution is 2.26. The van der Waals surface area contributed by atoms with Crippen LogP contribution < -0.4 is 5.63 Å². The predicted octanol–water partition coefficient (Wildman–Crippen LogP) is 4.34. The number of fused-ring (bicyclic) bond motifs is 1. The van der Waals surface area contributed by atoms with E-state index in [1.807, 2.05) is 43.3 Å². The van der Waals surface area contributed by atoms with Gasteiger partial charge in [0, 0.05) is 49.7 Å². The molecule has 1 saturated heterocycles. The molecule has 33 heavy (non-hydrogen) atoms. The standard InChI is InChI=1S/C26H28N4O3/c1-17-13-22-21(15-24(31)32-23(22)14-18(17)2)16-29-9-11-30(12-10-29)19(3)26-27-25(28-33-26)20-7-5-4-6-8-20/h4-8,13-15,19H,9-12,16H2,1-3H3. The van der Waals surface area contributed by atoms with Crippen molar-refractivity contribution in [1.29, 1.82) is 0 Å². The molecule has 1 atom stereocenters. The lowest BCUT2D eigenvalue weighted by atomic mass is 10.0. The third-order valence-electron chi connectivity index (χ3n) is 6.62. The zero-order chi connectivity index (χ0) is 22.9. The van der Waals surface area contributed by atoms with Gasteiger partial charge in [-0.2, -0.15) is 4.98 Å². The second-order valence-electron chi connectivity index (χ2n) is 8.83. The largest absolute Gasteiger partial charge is 0.423 e. The van der Waals surface area contributed by atoms with Crippen molar-refractivity contribution >= 4 is 11.0 Å². The topological polar surface area (TPSA) is 75.6 Å². The summed E-state index contributed by atoms with van der Waals surface area (Å²) in [4.78, 5) is 21.5. The number of rotatable bonds is 5. The molecule has 0 N–H and O–H groups in total. The van der Waals surface area contributed by atoms with Crippen LogP contribution >= 0.6 is 0 Å². The molecule has 0 spiro atoms. The molecule has 1 fully saturated rings. The van der Waals surface area contributed by atoms with Crippen molar-refractivity contribution in [3.05, 3.63) is 81.5 Å². The Morgan fingerprint density at radius 2 is 1.73 bits per heavy atom. The minimum Gasteiger partial charge on any atom is -0.423 e. The number of aryl methyl sites for hydroxylation is 2. The van der Waals surface area contributed by atoms with Crippen LogP contribution in [0.25, 0.3) is 22.4 Å². The molecule has 0 aliphatic carbocycles. The molecular weight excluding hydrogens is 416 g/mol. The van der Waals surface area contributed by atoms with Gasteiger partial charge in [0.15, 0.2) is 0 Å². The van der Waals surface area contributed by atoms with Crippen molar-refractivity contribution in [2.24, 2.45) is 0 Å². The van der Waals surface area contributed by atoms with Gasteiger partial charge in [-0.25, -0.2) is 4.79 Å². The number of hydrogen-bond donors (Lipinski definition) is 0. The lowest BCUT2D eigenvalue weighted by Crippen LogP contribution is -2.46. The Kier molecular flexibility index (Phi) is 5.83. The maximum atomic E-state index is 12.1. The second-order valence-corrected chi connectivity index (χ2v) is 8.83. The molecule has 1 aliphatic heterocycles. The van der Waals surface area contributed by atoms with Crippen molar-refractivity contribution in [3.8, 4) is 11.4 Å². The summed E-state index contributed by atoms with van der Waals surface area (Å²) in [6, 6.07) is 15.6. The van der Waals surface area contributed by atoms with Crippen LogP contribution in [0.1, 0.15) is 35.5 Å². The van der Waals surface area contributed by atoms with Crippen molar-refractivity contribution in [1.82, 2.24) is 19.9 Å². The number of piperazine rings is 1. The maximum Gasteiger partial charge on any atom is 0.336 e. The van der Waals surface area contributed by atoms with Crippen molar-refractivity contribution in [2.75, 3.05) is 26.2 Å². The first kappa shape index (κ1) is 21.6. The predicted molar refractivity (Wildman–Crippen MR) is 127 cm³/mol. The minimum absolute atomic E-state index is 0.0485. The number of benzene rings is 2. The van der Waals surface area contributed by atoms with E-state index in [4.69, 9.17) is 8.94 Å². The lowest BCUT2D eigenvalue weighted by molar-refractivity contribution is 0.0847. The van der Waals surface area contributed by atoms with E-state index >= 15 is 0 Å². The van der Waals surface area contributed by atoms with Gasteiger partial charge in [0.2, 0.25) is 11.7 Å². The Labute approximate surface area is 192 Å². The van der Waals surface area contributed by atoms with Gasteiger partial charge in [0.1, 0.15) is 5.58 Å². The highest BCUT2D eigenvalue weighted by atomic mass is 16.5. The Balaban J connectivity index is 1.26. The summed E-state index contributed by atoms with van der Waals surface area (Å²) in [5.41, 5.74) is 4.68. The molecule has 0 bridgehead atoms. The molecule has 1 unspecified atom stereocenters. The third kappa shape index (κ3) is 4.47. The molecular formula is C26H28N4O3. The van der Waals surface area contributed by atoms with Crippen LogP contribution in [0.2, 0.25) is 0 Å². The fourth-order valence-electron chi connectivity index (χ4n) is 4.43. The van der Waals surface area contributed by atoms with Gasteiger partial charge >= 0.3 is 5.63 Å². The summed E-state index contributed by atoms with van der Waals surface area (Å²) < 4.78 is 11.0. The Morgan fingerprint density at radius 3 is 2.48 bits per heavy atom. The number of aromatic nitrogens is 2. The Hall–Kier alpha value is -3.29. The molecule has 0 amide bonds. The average Bonchev–Trinajstić information content (AvgIpc) is 3.31. The summed E-state index contributed by atoms with van der Waals surface area (Å²) in [5.74, 6) is 1.26. The van der Waals surface area contributed by atoms with E-state index in [-0.39, 0.29) is 11.7 Å². The van der Waals surface area contributed by atoms with E-state index < -0.39 is 0 Å². The van der Waals surface area contributed by atoms with E-state index in [0.717, 1.165) is 54.8 Å². The summed E-state index contributed by atoms with van der Waals surface area (Å²) in [6.45, 7) is 10.5. The van der Waals surface area contributed by atoms with Crippen LogP contribution in [0.3, 0.4) is 0 Å². The summed E-state index contributed by atoms with van der Waals surface area (Å²) >= 11 is 0. The molecule has 7 nitrogen and oxygen atoms in total. The molecule has 2 aromatic carbocycles. The summed E-state index contributed by atoms with van der Waals surface area (Å²) in [6.07, 6.45) is 0. The van der Waals surface area contributed by atoms with Crippen LogP contribution in [-0.2, 0) is 6.54 Å². The third-order valence-corrected chi connectivity index (χ3v) is 6.62. The SMILES string of the molecule is Cc1cc2oc(=O)cc(CN3CCN(C(C)c4nc(-c5ccccc5)no4)CC3)c2cc1C. The van der Waals surface area contributed by atoms with Gasteiger partial charge in [-0.1, -0.05) is 35.5 Å². The minimum atomic E-state index is -0.293. The molecule has 3 heterocycles. The molecule has 0 radical (unpaired) electrons. The van der Waals surface area contributed by atoms with Gasteiger partial charge < -0.3 is 8.94 Å². The van der Waals surface area contributed by atoms with E-state index in [1.165, 1.54) is 5.56 Å². The molecule has 4 aromatic rings. The van der Waals surface area contributed by atoms with Crippen LogP contribution in [0.4, 0.5) is 0 Å². The smallest absolute Gasteiger partial charge is 0.336 e. The van der Waals surface area contributed by atoms with Gasteiger partial charge in [-0.15, -0.1) is 0 Å². The second kappa shape index (κ2) is 8.92. The lowest BCUT2D eigenvalue weighted by Gasteiger charge is -2.36. The first-order chi connectivity index (χ1) is 16.0. The van der Waals surface area contributed by atoms with E-state index in [2.05, 4.69) is 39.9 Å². The van der Waals surface area contributed by atoms with Crippen LogP contribution in [0, 0.1) is 13.8 Å². The zero-order valence-corrected chi connectivity index (χ0v) is 19.2. The molecule has 5 rings (SSSR count). The molecule has 7 heteroatoms. The van der Waals surface area contributed by atoms with E-state index in [0.29, 0.717) is 17.3 Å². The van der Waals surface area contributed by atoms with Crippen LogP contribution in [0.5, 0.6) is 0 Å². The van der Waals surface area contributed by atoms with E-state index in [9.17, 15) is 4.79 Å². The number of nitrogens with zero attached hydrogens (tertiary/aromatic N) is 4. The normalized spacial score (nSPS) is 16.3. The number of hydrogen-bond acceptors (Lipinski definition) is 7. The highest BCUT2D eigenvalue weighted by Gasteiger charge is 2.26. The van der Waals surface area contributed by atoms with Crippen LogP contribution in [0.15, 0.2) is 62.3 Å². The van der Waals surface area contributed by atoms with Gasteiger partial charge in [0.05, 0.1) is 6.04 Å². The fourth-order valence-corrected chi connectivity index (χ4v) is 4.43. The zero-order valence-electron chi connectivity index (χ0n) is 19.2. The Morgan fingerprint density at radius 1 is 1.00 bits per heavy atom. The average molecular weight is 445 g/mol. The quantitative estimate of drug-likeness (QED) is 0.424. The molecule has 0 saturated carbocycles. The summed E-state index contributed by atoms with van der Waals surface area (Å²) in [7, 11) is 0. The Bertz CT molecular complexity index is 1320. The van der Waals surface area contributed by atoms with Crippen LogP contribution in [-0.4, -0.2) is 46.1 Å².